The number of ether oxygens (including phenoxy) is 2. The summed E-state index contributed by atoms with van der Waals surface area (Å²) in [5, 5.41) is 13.9. The van der Waals surface area contributed by atoms with Gasteiger partial charge in [-0.25, -0.2) is 13.6 Å². The topological polar surface area (TPSA) is 114 Å². The second-order valence-electron chi connectivity index (χ2n) is 10.2. The van der Waals surface area contributed by atoms with E-state index in [1.165, 1.54) is 13.0 Å². The smallest absolute Gasteiger partial charge is 0.416 e. The van der Waals surface area contributed by atoms with Gasteiger partial charge in [-0.1, -0.05) is 0 Å². The number of nitrogens with one attached hydrogen (secondary N) is 2. The van der Waals surface area contributed by atoms with E-state index in [2.05, 4.69) is 10.6 Å². The number of benzene rings is 3. The van der Waals surface area contributed by atoms with E-state index in [1.807, 2.05) is 0 Å². The molecule has 224 valence electrons. The lowest BCUT2D eigenvalue weighted by Gasteiger charge is -2.23. The number of carboxylic acid groups (broad SMARTS) is 1. The Kier molecular flexibility index (Phi) is 9.44. The van der Waals surface area contributed by atoms with Crippen LogP contribution in [0.4, 0.5) is 32.4 Å². The molecule has 0 bridgehead atoms. The molecule has 0 heterocycles. The van der Waals surface area contributed by atoms with Crippen LogP contribution in [-0.4, -0.2) is 28.7 Å². The molecule has 0 saturated heterocycles. The average molecular weight is 595 g/mol. The molecule has 3 aromatic carbocycles. The first-order chi connectivity index (χ1) is 19.4. The maximum absolute atomic E-state index is 14.8. The zero-order chi connectivity index (χ0) is 31.4. The zero-order valence-corrected chi connectivity index (χ0v) is 22.9. The van der Waals surface area contributed by atoms with Gasteiger partial charge in [0.05, 0.1) is 23.6 Å². The fourth-order valence-corrected chi connectivity index (χ4v) is 3.77. The fourth-order valence-electron chi connectivity index (χ4n) is 3.77. The Morgan fingerprint density at radius 3 is 2.19 bits per heavy atom. The fraction of sp³-hybridized carbons (Fsp3) is 0.276. The third-order valence-electron chi connectivity index (χ3n) is 5.61. The maximum Gasteiger partial charge on any atom is 0.416 e. The molecular weight excluding hydrogens is 567 g/mol. The SMILES string of the molecule is Cc1cc(F)ccc1Oc1ccc(C(F)(F)F)cc1C(=O)Nc1ccc(F)c(C(CC(=O)O)NC(=O)OC(C)(C)C)c1. The van der Waals surface area contributed by atoms with Crippen LogP contribution in [-0.2, 0) is 15.7 Å². The molecule has 0 spiro atoms. The number of aryl methyl sites for hydroxylation is 1. The third kappa shape index (κ3) is 8.66. The molecule has 8 nitrogen and oxygen atoms in total. The summed E-state index contributed by atoms with van der Waals surface area (Å²) in [6.07, 6.45) is -6.58. The normalized spacial score (nSPS) is 12.3. The number of carboxylic acids is 1. The molecule has 3 aromatic rings. The third-order valence-corrected chi connectivity index (χ3v) is 5.61. The first kappa shape index (κ1) is 31.8. The highest BCUT2D eigenvalue weighted by molar-refractivity contribution is 6.06. The summed E-state index contributed by atoms with van der Waals surface area (Å²) in [4.78, 5) is 36.9. The molecular formula is C29H27F5N2O6. The van der Waals surface area contributed by atoms with Crippen LogP contribution in [0.3, 0.4) is 0 Å². The van der Waals surface area contributed by atoms with Gasteiger partial charge in [-0.3, -0.25) is 9.59 Å². The predicted molar refractivity (Wildman–Crippen MR) is 141 cm³/mol. The summed E-state index contributed by atoms with van der Waals surface area (Å²) in [6.45, 7) is 6.21. The lowest BCUT2D eigenvalue weighted by Crippen LogP contribution is -2.36. The van der Waals surface area contributed by atoms with Crippen molar-refractivity contribution in [1.29, 1.82) is 0 Å². The van der Waals surface area contributed by atoms with Crippen LogP contribution >= 0.6 is 0 Å². The van der Waals surface area contributed by atoms with E-state index in [0.29, 0.717) is 17.7 Å². The Hall–Kier alpha value is -4.68. The molecule has 0 aliphatic rings. The van der Waals surface area contributed by atoms with E-state index in [1.54, 1.807) is 20.8 Å². The molecule has 2 amide bonds. The van der Waals surface area contributed by atoms with E-state index in [9.17, 15) is 41.4 Å². The Balaban J connectivity index is 1.97. The van der Waals surface area contributed by atoms with Crippen LogP contribution in [0, 0.1) is 18.6 Å². The Bertz CT molecular complexity index is 1500. The monoisotopic (exact) mass is 594 g/mol. The van der Waals surface area contributed by atoms with Crippen LogP contribution < -0.4 is 15.4 Å². The maximum atomic E-state index is 14.8. The molecule has 3 rings (SSSR count). The van der Waals surface area contributed by atoms with E-state index in [0.717, 1.165) is 36.4 Å². The molecule has 0 aliphatic carbocycles. The van der Waals surface area contributed by atoms with Gasteiger partial charge in [-0.15, -0.1) is 0 Å². The lowest BCUT2D eigenvalue weighted by molar-refractivity contribution is -0.138. The van der Waals surface area contributed by atoms with Gasteiger partial charge in [-0.2, -0.15) is 13.2 Å². The highest BCUT2D eigenvalue weighted by Gasteiger charge is 2.32. The van der Waals surface area contributed by atoms with Gasteiger partial charge in [0.1, 0.15) is 28.7 Å². The summed E-state index contributed by atoms with van der Waals surface area (Å²) in [7, 11) is 0. The van der Waals surface area contributed by atoms with Crippen molar-refractivity contribution in [3.05, 3.63) is 88.5 Å². The predicted octanol–water partition coefficient (Wildman–Crippen LogP) is 7.38. The van der Waals surface area contributed by atoms with Gasteiger partial charge in [0.2, 0.25) is 0 Å². The molecule has 1 unspecified atom stereocenters. The highest BCUT2D eigenvalue weighted by Crippen LogP contribution is 2.35. The first-order valence-electron chi connectivity index (χ1n) is 12.4. The van der Waals surface area contributed by atoms with Crippen molar-refractivity contribution < 1.29 is 50.9 Å². The number of hydrogen-bond donors (Lipinski definition) is 3. The number of amides is 2. The van der Waals surface area contributed by atoms with Crippen LogP contribution in [0.15, 0.2) is 54.6 Å². The molecule has 1 atom stereocenters. The number of aliphatic carboxylic acids is 1. The van der Waals surface area contributed by atoms with Gasteiger partial charge in [0.25, 0.3) is 5.91 Å². The van der Waals surface area contributed by atoms with Crippen molar-refractivity contribution in [3.63, 3.8) is 0 Å². The Morgan fingerprint density at radius 2 is 1.60 bits per heavy atom. The van der Waals surface area contributed by atoms with Crippen LogP contribution in [0.25, 0.3) is 0 Å². The molecule has 0 aromatic heterocycles. The second kappa shape index (κ2) is 12.5. The molecule has 3 N–H and O–H groups in total. The zero-order valence-electron chi connectivity index (χ0n) is 22.9. The van der Waals surface area contributed by atoms with Crippen molar-refractivity contribution in [2.75, 3.05) is 5.32 Å². The standard InChI is InChI=1S/C29H27F5N2O6/c1-15-11-17(30)6-10-23(15)41-24-9-5-16(29(32,33)34)12-20(24)26(39)35-18-7-8-21(31)19(13-18)22(14-25(37)38)36-27(40)42-28(2,3)4/h5-13,22H,14H2,1-4H3,(H,35,39)(H,36,40)(H,37,38). The number of alkyl carbamates (subject to hydrolysis) is 1. The minimum absolute atomic E-state index is 0.0824. The van der Waals surface area contributed by atoms with Crippen molar-refractivity contribution in [1.82, 2.24) is 5.32 Å². The van der Waals surface area contributed by atoms with Crippen LogP contribution in [0.5, 0.6) is 11.5 Å². The number of hydrogen-bond acceptors (Lipinski definition) is 5. The minimum atomic E-state index is -4.81. The molecule has 13 heteroatoms. The van der Waals surface area contributed by atoms with Gasteiger partial charge < -0.3 is 25.2 Å². The Morgan fingerprint density at radius 1 is 0.929 bits per heavy atom. The summed E-state index contributed by atoms with van der Waals surface area (Å²) < 4.78 is 79.5. The van der Waals surface area contributed by atoms with Crippen molar-refractivity contribution >= 4 is 23.7 Å². The van der Waals surface area contributed by atoms with Gasteiger partial charge >= 0.3 is 18.2 Å². The van der Waals surface area contributed by atoms with Gasteiger partial charge in [0, 0.05) is 11.3 Å². The quantitative estimate of drug-likeness (QED) is 0.235. The average Bonchev–Trinajstić information content (AvgIpc) is 2.84. The molecule has 0 fully saturated rings. The van der Waals surface area contributed by atoms with E-state index in [4.69, 9.17) is 9.47 Å². The summed E-state index contributed by atoms with van der Waals surface area (Å²) >= 11 is 0. The molecule has 0 saturated carbocycles. The number of carbonyl (C=O) groups excluding carboxylic acids is 2. The highest BCUT2D eigenvalue weighted by atomic mass is 19.4. The number of halogens is 5. The molecule has 0 aliphatic heterocycles. The lowest BCUT2D eigenvalue weighted by atomic mass is 10.0. The number of anilines is 1. The number of alkyl halides is 3. The van der Waals surface area contributed by atoms with Crippen molar-refractivity contribution in [2.24, 2.45) is 0 Å². The molecule has 42 heavy (non-hydrogen) atoms. The number of carbonyl (C=O) groups is 3. The summed E-state index contributed by atoms with van der Waals surface area (Å²) in [5.74, 6) is -4.16. The first-order valence-corrected chi connectivity index (χ1v) is 12.4. The number of rotatable bonds is 8. The van der Waals surface area contributed by atoms with Gasteiger partial charge in [0.15, 0.2) is 0 Å². The van der Waals surface area contributed by atoms with E-state index >= 15 is 0 Å². The van der Waals surface area contributed by atoms with Crippen molar-refractivity contribution in [2.45, 2.75) is 51.9 Å². The van der Waals surface area contributed by atoms with E-state index < -0.39 is 65.0 Å². The van der Waals surface area contributed by atoms with Crippen LogP contribution in [0.1, 0.15) is 60.3 Å². The Labute approximate surface area is 237 Å². The summed E-state index contributed by atoms with van der Waals surface area (Å²) in [6, 6.07) is 7.26. The minimum Gasteiger partial charge on any atom is -0.481 e. The van der Waals surface area contributed by atoms with Gasteiger partial charge in [-0.05, 0) is 87.9 Å². The van der Waals surface area contributed by atoms with E-state index in [-0.39, 0.29) is 22.7 Å². The second-order valence-corrected chi connectivity index (χ2v) is 10.2. The van der Waals surface area contributed by atoms with Crippen molar-refractivity contribution in [3.8, 4) is 11.5 Å². The van der Waals surface area contributed by atoms with Crippen LogP contribution in [0.2, 0.25) is 0 Å². The summed E-state index contributed by atoms with van der Waals surface area (Å²) in [5.41, 5.74) is -2.79. The largest absolute Gasteiger partial charge is 0.481 e. The molecule has 0 radical (unpaired) electrons.